The van der Waals surface area contributed by atoms with Crippen LogP contribution in [0.3, 0.4) is 0 Å². The van der Waals surface area contributed by atoms with Crippen molar-refractivity contribution in [2.24, 2.45) is 5.73 Å². The Bertz CT molecular complexity index is 383. The van der Waals surface area contributed by atoms with Crippen LogP contribution in [0.25, 0.3) is 0 Å². The third-order valence-corrected chi connectivity index (χ3v) is 1.91. The zero-order valence-electron chi connectivity index (χ0n) is 8.74. The minimum atomic E-state index is -2.68. The Morgan fingerprint density at radius 2 is 2.25 bits per heavy atom. The Kier molecular flexibility index (Phi) is 4.30. The van der Waals surface area contributed by atoms with Crippen molar-refractivity contribution in [1.29, 1.82) is 0 Å². The van der Waals surface area contributed by atoms with Gasteiger partial charge in [-0.1, -0.05) is 0 Å². The van der Waals surface area contributed by atoms with Crippen LogP contribution in [0.15, 0.2) is 12.1 Å². The number of hydrogen-bond acceptors (Lipinski definition) is 4. The molecular formula is C10H12F2N2O2. The molecule has 1 aromatic rings. The Hall–Kier alpha value is -1.56. The SMILES string of the molecule is CCOC(=O)c1ccc(C(F)F)nc1CN. The van der Waals surface area contributed by atoms with Gasteiger partial charge in [-0.25, -0.2) is 18.6 Å². The molecule has 0 aromatic carbocycles. The zero-order valence-corrected chi connectivity index (χ0v) is 8.74. The molecule has 0 saturated carbocycles. The predicted octanol–water partition coefficient (Wildman–Crippen LogP) is 1.65. The van der Waals surface area contributed by atoms with Gasteiger partial charge in [-0.2, -0.15) is 0 Å². The molecule has 0 saturated heterocycles. The standard InChI is InChI=1S/C10H12F2N2O2/c1-2-16-10(15)6-3-4-7(9(11)12)14-8(6)5-13/h3-4,9H,2,5,13H2,1H3. The van der Waals surface area contributed by atoms with Crippen molar-refractivity contribution < 1.29 is 18.3 Å². The van der Waals surface area contributed by atoms with E-state index in [2.05, 4.69) is 4.98 Å². The molecule has 0 aliphatic rings. The maximum Gasteiger partial charge on any atom is 0.340 e. The summed E-state index contributed by atoms with van der Waals surface area (Å²) in [4.78, 5) is 15.0. The Morgan fingerprint density at radius 3 is 2.75 bits per heavy atom. The summed E-state index contributed by atoms with van der Waals surface area (Å²) in [6, 6.07) is 2.35. The summed E-state index contributed by atoms with van der Waals surface area (Å²) < 4.78 is 29.4. The van der Waals surface area contributed by atoms with Crippen molar-refractivity contribution in [3.8, 4) is 0 Å². The second-order valence-electron chi connectivity index (χ2n) is 2.96. The van der Waals surface area contributed by atoms with Crippen molar-refractivity contribution in [1.82, 2.24) is 4.98 Å². The predicted molar refractivity (Wildman–Crippen MR) is 53.0 cm³/mol. The van der Waals surface area contributed by atoms with Gasteiger partial charge in [-0.15, -0.1) is 0 Å². The second kappa shape index (κ2) is 5.50. The number of rotatable bonds is 4. The average molecular weight is 230 g/mol. The number of carbonyl (C=O) groups excluding carboxylic acids is 1. The molecule has 0 amide bonds. The highest BCUT2D eigenvalue weighted by molar-refractivity contribution is 5.90. The van der Waals surface area contributed by atoms with E-state index in [1.807, 2.05) is 0 Å². The van der Waals surface area contributed by atoms with E-state index < -0.39 is 18.1 Å². The van der Waals surface area contributed by atoms with Crippen LogP contribution in [-0.4, -0.2) is 17.6 Å². The van der Waals surface area contributed by atoms with E-state index in [-0.39, 0.29) is 24.4 Å². The smallest absolute Gasteiger partial charge is 0.340 e. The van der Waals surface area contributed by atoms with Gasteiger partial charge < -0.3 is 10.5 Å². The molecule has 1 heterocycles. The van der Waals surface area contributed by atoms with Gasteiger partial charge in [0.05, 0.1) is 17.9 Å². The third kappa shape index (κ3) is 2.73. The fourth-order valence-electron chi connectivity index (χ4n) is 1.19. The molecule has 0 aliphatic heterocycles. The van der Waals surface area contributed by atoms with Gasteiger partial charge >= 0.3 is 5.97 Å². The number of pyridine rings is 1. The first-order valence-electron chi connectivity index (χ1n) is 4.75. The van der Waals surface area contributed by atoms with Gasteiger partial charge in [0.2, 0.25) is 0 Å². The monoisotopic (exact) mass is 230 g/mol. The Morgan fingerprint density at radius 1 is 1.56 bits per heavy atom. The van der Waals surface area contributed by atoms with E-state index in [1.54, 1.807) is 6.92 Å². The summed E-state index contributed by atoms with van der Waals surface area (Å²) in [5, 5.41) is 0. The quantitative estimate of drug-likeness (QED) is 0.799. The summed E-state index contributed by atoms with van der Waals surface area (Å²) in [6.45, 7) is 1.77. The van der Waals surface area contributed by atoms with Crippen LogP contribution in [0.5, 0.6) is 0 Å². The molecule has 0 unspecified atom stereocenters. The number of aromatic nitrogens is 1. The molecule has 2 N–H and O–H groups in total. The van der Waals surface area contributed by atoms with Gasteiger partial charge in [0.25, 0.3) is 6.43 Å². The number of alkyl halides is 2. The number of hydrogen-bond donors (Lipinski definition) is 1. The van der Waals surface area contributed by atoms with Crippen molar-refractivity contribution >= 4 is 5.97 Å². The van der Waals surface area contributed by atoms with Crippen molar-refractivity contribution in [2.75, 3.05) is 6.61 Å². The summed E-state index contributed by atoms with van der Waals surface area (Å²) in [5.41, 5.74) is 5.20. The van der Waals surface area contributed by atoms with Crippen LogP contribution in [0.1, 0.15) is 35.1 Å². The third-order valence-electron chi connectivity index (χ3n) is 1.91. The molecule has 88 valence electrons. The summed E-state index contributed by atoms with van der Waals surface area (Å²) in [7, 11) is 0. The van der Waals surface area contributed by atoms with E-state index >= 15 is 0 Å². The fraction of sp³-hybridized carbons (Fsp3) is 0.400. The molecule has 0 bridgehead atoms. The molecule has 0 spiro atoms. The number of nitrogens with two attached hydrogens (primary N) is 1. The topological polar surface area (TPSA) is 65.2 Å². The molecular weight excluding hydrogens is 218 g/mol. The number of carbonyl (C=O) groups is 1. The van der Waals surface area contributed by atoms with Crippen LogP contribution in [0, 0.1) is 0 Å². The first-order chi connectivity index (χ1) is 7.60. The lowest BCUT2D eigenvalue weighted by Crippen LogP contribution is -2.13. The summed E-state index contributed by atoms with van der Waals surface area (Å²) in [6.07, 6.45) is -2.68. The normalized spacial score (nSPS) is 10.6. The van der Waals surface area contributed by atoms with Crippen LogP contribution in [-0.2, 0) is 11.3 Å². The highest BCUT2D eigenvalue weighted by Gasteiger charge is 2.16. The van der Waals surface area contributed by atoms with Gasteiger partial charge in [0.15, 0.2) is 0 Å². The van der Waals surface area contributed by atoms with Gasteiger partial charge in [-0.05, 0) is 19.1 Å². The number of nitrogens with zero attached hydrogens (tertiary/aromatic N) is 1. The lowest BCUT2D eigenvalue weighted by Gasteiger charge is -2.08. The number of esters is 1. The maximum absolute atomic E-state index is 12.3. The first kappa shape index (κ1) is 12.5. The van der Waals surface area contributed by atoms with Crippen LogP contribution in [0.2, 0.25) is 0 Å². The van der Waals surface area contributed by atoms with Crippen LogP contribution >= 0.6 is 0 Å². The molecule has 1 aromatic heterocycles. The van der Waals surface area contributed by atoms with E-state index in [4.69, 9.17) is 10.5 Å². The molecule has 0 atom stereocenters. The Balaban J connectivity index is 3.06. The molecule has 0 fully saturated rings. The lowest BCUT2D eigenvalue weighted by molar-refractivity contribution is 0.0523. The largest absolute Gasteiger partial charge is 0.462 e. The van der Waals surface area contributed by atoms with Gasteiger partial charge in [0, 0.05) is 6.54 Å². The van der Waals surface area contributed by atoms with Crippen molar-refractivity contribution in [2.45, 2.75) is 19.9 Å². The molecule has 1 rings (SSSR count). The van der Waals surface area contributed by atoms with Gasteiger partial charge in [-0.3, -0.25) is 0 Å². The number of ether oxygens (including phenoxy) is 1. The van der Waals surface area contributed by atoms with Crippen LogP contribution in [0.4, 0.5) is 8.78 Å². The summed E-state index contributed by atoms with van der Waals surface area (Å²) >= 11 is 0. The second-order valence-corrected chi connectivity index (χ2v) is 2.96. The lowest BCUT2D eigenvalue weighted by atomic mass is 10.1. The van der Waals surface area contributed by atoms with Gasteiger partial charge in [0.1, 0.15) is 5.69 Å². The van der Waals surface area contributed by atoms with E-state index in [0.717, 1.165) is 6.07 Å². The van der Waals surface area contributed by atoms with Crippen molar-refractivity contribution in [3.63, 3.8) is 0 Å². The molecule has 0 radical (unpaired) electrons. The first-order valence-corrected chi connectivity index (χ1v) is 4.75. The minimum Gasteiger partial charge on any atom is -0.462 e. The number of halogens is 2. The molecule has 0 aliphatic carbocycles. The highest BCUT2D eigenvalue weighted by Crippen LogP contribution is 2.18. The molecule has 16 heavy (non-hydrogen) atoms. The molecule has 6 heteroatoms. The molecule has 4 nitrogen and oxygen atoms in total. The Labute approximate surface area is 91.4 Å². The van der Waals surface area contributed by atoms with E-state index in [9.17, 15) is 13.6 Å². The fourth-order valence-corrected chi connectivity index (χ4v) is 1.19. The van der Waals surface area contributed by atoms with E-state index in [0.29, 0.717) is 0 Å². The summed E-state index contributed by atoms with van der Waals surface area (Å²) in [5.74, 6) is -0.601. The average Bonchev–Trinajstić information content (AvgIpc) is 2.28. The zero-order chi connectivity index (χ0) is 12.1. The minimum absolute atomic E-state index is 0.0886. The van der Waals surface area contributed by atoms with E-state index in [1.165, 1.54) is 6.07 Å². The highest BCUT2D eigenvalue weighted by atomic mass is 19.3. The van der Waals surface area contributed by atoms with Crippen LogP contribution < -0.4 is 5.73 Å². The van der Waals surface area contributed by atoms with Crippen molar-refractivity contribution in [3.05, 3.63) is 29.1 Å². The maximum atomic E-state index is 12.3.